The molecule has 0 aromatic carbocycles. The molecule has 1 N–H and O–H groups in total. The molecular formula is C13H12O3S2. The maximum Gasteiger partial charge on any atom is 0.328 e. The number of thioether (sulfide) groups is 1. The summed E-state index contributed by atoms with van der Waals surface area (Å²) in [6.07, 6.45) is 3.32. The van der Waals surface area contributed by atoms with Gasteiger partial charge >= 0.3 is 5.97 Å². The Morgan fingerprint density at radius 1 is 1.56 bits per heavy atom. The zero-order valence-corrected chi connectivity index (χ0v) is 11.4. The standard InChI is InChI=1S/C13H12O3S2/c1-10(14)17-7-3-2-4-11-8-12(18-9-11)5-6-13(15)16/h5-6,8-9H,3,7H2,1H3,(H,15,16)/b6-5+. The van der Waals surface area contributed by atoms with Crippen molar-refractivity contribution in [3.63, 3.8) is 0 Å². The topological polar surface area (TPSA) is 54.4 Å². The van der Waals surface area contributed by atoms with Crippen molar-refractivity contribution in [3.05, 3.63) is 28.0 Å². The summed E-state index contributed by atoms with van der Waals surface area (Å²) in [7, 11) is 0. The Labute approximate surface area is 114 Å². The fourth-order valence-electron chi connectivity index (χ4n) is 1.07. The highest BCUT2D eigenvalue weighted by Crippen LogP contribution is 2.15. The molecule has 0 aliphatic heterocycles. The van der Waals surface area contributed by atoms with E-state index in [1.54, 1.807) is 6.08 Å². The van der Waals surface area contributed by atoms with Gasteiger partial charge in [0.15, 0.2) is 5.12 Å². The molecule has 0 aliphatic carbocycles. The average Bonchev–Trinajstić information content (AvgIpc) is 2.73. The lowest BCUT2D eigenvalue weighted by atomic mass is 10.3. The fourth-order valence-corrected chi connectivity index (χ4v) is 2.29. The predicted octanol–water partition coefficient (Wildman–Crippen LogP) is 2.87. The summed E-state index contributed by atoms with van der Waals surface area (Å²) in [4.78, 5) is 21.9. The van der Waals surface area contributed by atoms with Gasteiger partial charge in [-0.3, -0.25) is 4.79 Å². The van der Waals surface area contributed by atoms with Gasteiger partial charge in [-0.25, -0.2) is 4.79 Å². The van der Waals surface area contributed by atoms with Crippen molar-refractivity contribution >= 4 is 40.3 Å². The molecule has 0 radical (unpaired) electrons. The third kappa shape index (κ3) is 6.28. The predicted molar refractivity (Wildman–Crippen MR) is 75.6 cm³/mol. The van der Waals surface area contributed by atoms with Crippen LogP contribution in [0.3, 0.4) is 0 Å². The van der Waals surface area contributed by atoms with E-state index >= 15 is 0 Å². The van der Waals surface area contributed by atoms with E-state index in [0.29, 0.717) is 12.2 Å². The van der Waals surface area contributed by atoms with Crippen molar-refractivity contribution in [2.45, 2.75) is 13.3 Å². The van der Waals surface area contributed by atoms with Gasteiger partial charge in [-0.05, 0) is 12.1 Å². The summed E-state index contributed by atoms with van der Waals surface area (Å²) in [5.41, 5.74) is 0.873. The molecule has 3 nitrogen and oxygen atoms in total. The Kier molecular flexibility index (Phi) is 6.26. The first kappa shape index (κ1) is 14.6. The second-order valence-corrected chi connectivity index (χ2v) is 5.52. The van der Waals surface area contributed by atoms with Gasteiger partial charge in [0.1, 0.15) is 0 Å². The number of thiophene rings is 1. The monoisotopic (exact) mass is 280 g/mol. The first-order valence-corrected chi connectivity index (χ1v) is 7.06. The smallest absolute Gasteiger partial charge is 0.328 e. The summed E-state index contributed by atoms with van der Waals surface area (Å²) in [6.45, 7) is 1.54. The van der Waals surface area contributed by atoms with Crippen LogP contribution in [0.2, 0.25) is 0 Å². The highest BCUT2D eigenvalue weighted by molar-refractivity contribution is 8.13. The van der Waals surface area contributed by atoms with Crippen molar-refractivity contribution in [1.82, 2.24) is 0 Å². The Morgan fingerprint density at radius 2 is 2.33 bits per heavy atom. The number of carbonyl (C=O) groups is 2. The minimum atomic E-state index is -0.961. The molecule has 0 aliphatic rings. The van der Waals surface area contributed by atoms with Crippen LogP contribution in [-0.4, -0.2) is 21.9 Å². The van der Waals surface area contributed by atoms with Crippen molar-refractivity contribution in [2.24, 2.45) is 0 Å². The highest BCUT2D eigenvalue weighted by Gasteiger charge is 1.95. The Morgan fingerprint density at radius 3 is 3.00 bits per heavy atom. The molecule has 0 atom stereocenters. The fraction of sp³-hybridized carbons (Fsp3) is 0.231. The number of hydrogen-bond donors (Lipinski definition) is 1. The van der Waals surface area contributed by atoms with Crippen LogP contribution in [-0.2, 0) is 9.59 Å². The first-order chi connectivity index (χ1) is 8.58. The molecule has 0 saturated heterocycles. The van der Waals surface area contributed by atoms with E-state index in [-0.39, 0.29) is 5.12 Å². The van der Waals surface area contributed by atoms with Crippen LogP contribution in [0.4, 0.5) is 0 Å². The normalized spacial score (nSPS) is 10.1. The summed E-state index contributed by atoms with van der Waals surface area (Å²) in [6, 6.07) is 1.84. The van der Waals surface area contributed by atoms with E-state index in [1.807, 2.05) is 11.4 Å². The van der Waals surface area contributed by atoms with Crippen LogP contribution >= 0.6 is 23.1 Å². The van der Waals surface area contributed by atoms with Crippen LogP contribution < -0.4 is 0 Å². The second kappa shape index (κ2) is 7.75. The summed E-state index contributed by atoms with van der Waals surface area (Å²) < 4.78 is 0. The molecular weight excluding hydrogens is 268 g/mol. The van der Waals surface area contributed by atoms with Crippen LogP contribution in [0.5, 0.6) is 0 Å². The van der Waals surface area contributed by atoms with Gasteiger partial charge in [0.05, 0.1) is 0 Å². The van der Waals surface area contributed by atoms with Crippen molar-refractivity contribution in [1.29, 1.82) is 0 Å². The van der Waals surface area contributed by atoms with Crippen molar-refractivity contribution in [3.8, 4) is 11.8 Å². The zero-order valence-electron chi connectivity index (χ0n) is 9.80. The zero-order chi connectivity index (χ0) is 13.4. The molecule has 1 heterocycles. The molecule has 1 aromatic heterocycles. The minimum Gasteiger partial charge on any atom is -0.478 e. The largest absolute Gasteiger partial charge is 0.478 e. The van der Waals surface area contributed by atoms with Gasteiger partial charge in [-0.15, -0.1) is 11.3 Å². The van der Waals surface area contributed by atoms with E-state index < -0.39 is 5.97 Å². The molecule has 1 aromatic rings. The second-order valence-electron chi connectivity index (χ2n) is 3.30. The van der Waals surface area contributed by atoms with Crippen molar-refractivity contribution in [2.75, 3.05) is 5.75 Å². The van der Waals surface area contributed by atoms with Crippen LogP contribution in [0, 0.1) is 11.8 Å². The van der Waals surface area contributed by atoms with Crippen LogP contribution in [0.25, 0.3) is 6.08 Å². The van der Waals surface area contributed by atoms with E-state index in [4.69, 9.17) is 5.11 Å². The van der Waals surface area contributed by atoms with E-state index in [2.05, 4.69) is 11.8 Å². The molecule has 1 rings (SSSR count). The van der Waals surface area contributed by atoms with Crippen LogP contribution in [0.15, 0.2) is 17.5 Å². The third-order valence-electron chi connectivity index (χ3n) is 1.78. The van der Waals surface area contributed by atoms with E-state index in [0.717, 1.165) is 16.5 Å². The highest BCUT2D eigenvalue weighted by atomic mass is 32.2. The van der Waals surface area contributed by atoms with Gasteiger partial charge in [0.25, 0.3) is 0 Å². The Bertz CT molecular complexity index is 518. The van der Waals surface area contributed by atoms with Gasteiger partial charge in [0.2, 0.25) is 0 Å². The van der Waals surface area contributed by atoms with Gasteiger partial charge in [0, 0.05) is 41.0 Å². The van der Waals surface area contributed by atoms with Gasteiger partial charge in [-0.1, -0.05) is 23.6 Å². The quantitative estimate of drug-likeness (QED) is 0.523. The number of carboxylic acids is 1. The molecule has 5 heteroatoms. The Hall–Kier alpha value is -1.51. The summed E-state index contributed by atoms with van der Waals surface area (Å²) in [5.74, 6) is 5.71. The lowest BCUT2D eigenvalue weighted by molar-refractivity contribution is -0.131. The summed E-state index contributed by atoms with van der Waals surface area (Å²) >= 11 is 2.72. The molecule has 94 valence electrons. The maximum absolute atomic E-state index is 10.7. The molecule has 0 amide bonds. The number of rotatable bonds is 4. The van der Waals surface area contributed by atoms with Crippen molar-refractivity contribution < 1.29 is 14.7 Å². The molecule has 0 fully saturated rings. The number of hydrogen-bond acceptors (Lipinski definition) is 4. The minimum absolute atomic E-state index is 0.105. The number of carboxylic acid groups (broad SMARTS) is 1. The van der Waals surface area contributed by atoms with E-state index in [9.17, 15) is 9.59 Å². The molecule has 0 bridgehead atoms. The molecule has 0 unspecified atom stereocenters. The first-order valence-electron chi connectivity index (χ1n) is 5.19. The lowest BCUT2D eigenvalue weighted by Crippen LogP contribution is -1.84. The third-order valence-corrected chi connectivity index (χ3v) is 3.49. The molecule has 18 heavy (non-hydrogen) atoms. The average molecular weight is 280 g/mol. The van der Waals surface area contributed by atoms with Gasteiger partial charge < -0.3 is 5.11 Å². The molecule has 0 spiro atoms. The van der Waals surface area contributed by atoms with Crippen LogP contribution in [0.1, 0.15) is 23.8 Å². The van der Waals surface area contributed by atoms with Gasteiger partial charge in [-0.2, -0.15) is 0 Å². The molecule has 0 saturated carbocycles. The Balaban J connectivity index is 2.46. The number of carbonyl (C=O) groups excluding carboxylic acids is 1. The lowest BCUT2D eigenvalue weighted by Gasteiger charge is -1.88. The number of aliphatic carboxylic acids is 1. The summed E-state index contributed by atoms with van der Waals surface area (Å²) in [5, 5.41) is 10.5. The SMILES string of the molecule is CC(=O)SCCC#Cc1csc(/C=C/C(=O)O)c1. The maximum atomic E-state index is 10.7. The van der Waals surface area contributed by atoms with E-state index in [1.165, 1.54) is 30.0 Å².